The minimum absolute atomic E-state index is 0.483. The van der Waals surface area contributed by atoms with E-state index in [2.05, 4.69) is 32.4 Å². The molecule has 2 aromatic heterocycles. The summed E-state index contributed by atoms with van der Waals surface area (Å²) in [6.07, 6.45) is 5.87. The van der Waals surface area contributed by atoms with Gasteiger partial charge in [-0.1, -0.05) is 0 Å². The summed E-state index contributed by atoms with van der Waals surface area (Å²) in [6.45, 7) is 4.39. The second-order valence-corrected chi connectivity index (χ2v) is 6.24. The number of likely N-dealkylation sites (tertiary alicyclic amines) is 1. The molecule has 2 fully saturated rings. The van der Waals surface area contributed by atoms with E-state index >= 15 is 0 Å². The third-order valence-electron chi connectivity index (χ3n) is 4.32. The number of aryl methyl sites for hydroxylation is 1. The van der Waals surface area contributed by atoms with Gasteiger partial charge < -0.3 is 4.98 Å². The Morgan fingerprint density at radius 1 is 1.32 bits per heavy atom. The summed E-state index contributed by atoms with van der Waals surface area (Å²) in [7, 11) is 0. The van der Waals surface area contributed by atoms with Gasteiger partial charge in [-0.05, 0) is 50.0 Å². The number of nitrogens with one attached hydrogen (secondary N) is 1. The number of hydrogen-bond acceptors (Lipinski definition) is 3. The van der Waals surface area contributed by atoms with Crippen molar-refractivity contribution in [2.24, 2.45) is 0 Å². The number of nitrogens with zero attached hydrogens (tertiary/aromatic N) is 3. The molecule has 0 radical (unpaired) electrons. The molecule has 1 N–H and O–H groups in total. The van der Waals surface area contributed by atoms with E-state index in [4.69, 9.17) is 12.2 Å². The molecule has 1 atom stereocenters. The smallest absolute Gasteiger partial charge is 0.179 e. The Morgan fingerprint density at radius 3 is 2.95 bits per heavy atom. The molecular weight excluding hydrogens is 256 g/mol. The number of imidazole rings is 1. The summed E-state index contributed by atoms with van der Waals surface area (Å²) < 4.78 is 3.04. The summed E-state index contributed by atoms with van der Waals surface area (Å²) in [6, 6.07) is 3.46. The van der Waals surface area contributed by atoms with Crippen LogP contribution in [0.2, 0.25) is 0 Å². The second-order valence-electron chi connectivity index (χ2n) is 5.85. The second kappa shape index (κ2) is 4.15. The van der Waals surface area contributed by atoms with Gasteiger partial charge in [0.1, 0.15) is 0 Å². The molecule has 4 nitrogen and oxygen atoms in total. The van der Waals surface area contributed by atoms with E-state index in [-0.39, 0.29) is 0 Å². The number of rotatable bonds is 2. The van der Waals surface area contributed by atoms with E-state index < -0.39 is 0 Å². The highest BCUT2D eigenvalue weighted by atomic mass is 32.1. The number of aromatic amines is 1. The van der Waals surface area contributed by atoms with Crippen LogP contribution < -0.4 is 0 Å². The number of fused-ring (bicyclic) bond motifs is 1. The standard InChI is InChI=1S/C14H18N4S/c1-9-6-12-13(15-7-9)18(14(19)16-12)11-4-5-17(8-11)10-2-3-10/h6-7,10-11H,2-5,8H2,1H3,(H,16,19). The first kappa shape index (κ1) is 11.6. The van der Waals surface area contributed by atoms with Crippen molar-refractivity contribution >= 4 is 23.4 Å². The number of hydrogen-bond donors (Lipinski definition) is 1. The highest BCUT2D eigenvalue weighted by Crippen LogP contribution is 2.34. The average Bonchev–Trinajstić information content (AvgIpc) is 3.02. The lowest BCUT2D eigenvalue weighted by Gasteiger charge is -2.15. The zero-order valence-electron chi connectivity index (χ0n) is 11.1. The molecular formula is C14H18N4S. The molecule has 100 valence electrons. The van der Waals surface area contributed by atoms with E-state index in [1.165, 1.54) is 31.4 Å². The highest BCUT2D eigenvalue weighted by molar-refractivity contribution is 7.71. The zero-order valence-corrected chi connectivity index (χ0v) is 11.9. The van der Waals surface area contributed by atoms with Crippen molar-refractivity contribution in [1.82, 2.24) is 19.4 Å². The topological polar surface area (TPSA) is 36.9 Å². The van der Waals surface area contributed by atoms with Crippen LogP contribution in [0.5, 0.6) is 0 Å². The van der Waals surface area contributed by atoms with Crippen LogP contribution in [0.3, 0.4) is 0 Å². The fourth-order valence-electron chi connectivity index (χ4n) is 3.21. The van der Waals surface area contributed by atoms with E-state index in [0.717, 1.165) is 28.5 Å². The normalized spacial score (nSPS) is 24.4. The summed E-state index contributed by atoms with van der Waals surface area (Å²) in [4.78, 5) is 10.5. The summed E-state index contributed by atoms with van der Waals surface area (Å²) >= 11 is 5.50. The van der Waals surface area contributed by atoms with E-state index in [9.17, 15) is 0 Å². The fraction of sp³-hybridized carbons (Fsp3) is 0.571. The quantitative estimate of drug-likeness (QED) is 0.856. The molecule has 1 unspecified atom stereocenters. The maximum Gasteiger partial charge on any atom is 0.179 e. The lowest BCUT2D eigenvalue weighted by molar-refractivity contribution is 0.314. The van der Waals surface area contributed by atoms with Crippen LogP contribution in [0.15, 0.2) is 12.3 Å². The molecule has 1 aliphatic heterocycles. The molecule has 5 heteroatoms. The van der Waals surface area contributed by atoms with Crippen molar-refractivity contribution in [3.8, 4) is 0 Å². The predicted octanol–water partition coefficient (Wildman–Crippen LogP) is 2.81. The first-order valence-electron chi connectivity index (χ1n) is 7.03. The first-order valence-corrected chi connectivity index (χ1v) is 7.44. The summed E-state index contributed by atoms with van der Waals surface area (Å²) in [5.41, 5.74) is 3.25. The molecule has 1 aliphatic carbocycles. The third-order valence-corrected chi connectivity index (χ3v) is 4.61. The number of aromatic nitrogens is 3. The Morgan fingerprint density at radius 2 is 2.16 bits per heavy atom. The number of H-pyrrole nitrogens is 1. The van der Waals surface area contributed by atoms with Crippen LogP contribution in [0.25, 0.3) is 11.2 Å². The van der Waals surface area contributed by atoms with Crippen LogP contribution in [-0.4, -0.2) is 38.6 Å². The Bertz CT molecular complexity index is 682. The van der Waals surface area contributed by atoms with Crippen molar-refractivity contribution in [3.05, 3.63) is 22.6 Å². The van der Waals surface area contributed by atoms with Gasteiger partial charge in [0.05, 0.1) is 11.6 Å². The molecule has 0 aromatic carbocycles. The van der Waals surface area contributed by atoms with Crippen LogP contribution in [-0.2, 0) is 0 Å². The van der Waals surface area contributed by atoms with Gasteiger partial charge in [0.2, 0.25) is 0 Å². The van der Waals surface area contributed by atoms with Gasteiger partial charge >= 0.3 is 0 Å². The van der Waals surface area contributed by atoms with Crippen molar-refractivity contribution in [3.63, 3.8) is 0 Å². The van der Waals surface area contributed by atoms with Crippen LogP contribution >= 0.6 is 12.2 Å². The lowest BCUT2D eigenvalue weighted by atomic mass is 10.2. The summed E-state index contributed by atoms with van der Waals surface area (Å²) in [5, 5.41) is 0. The molecule has 4 rings (SSSR count). The summed E-state index contributed by atoms with van der Waals surface area (Å²) in [5.74, 6) is 0. The van der Waals surface area contributed by atoms with Gasteiger partial charge in [-0.2, -0.15) is 0 Å². The average molecular weight is 274 g/mol. The van der Waals surface area contributed by atoms with Crippen molar-refractivity contribution < 1.29 is 0 Å². The van der Waals surface area contributed by atoms with Gasteiger partial charge in [0.25, 0.3) is 0 Å². The molecule has 0 bridgehead atoms. The minimum atomic E-state index is 0.483. The molecule has 2 aliphatic rings. The van der Waals surface area contributed by atoms with Crippen LogP contribution in [0.1, 0.15) is 30.9 Å². The van der Waals surface area contributed by atoms with Crippen LogP contribution in [0.4, 0.5) is 0 Å². The van der Waals surface area contributed by atoms with E-state index in [1.807, 2.05) is 6.20 Å². The van der Waals surface area contributed by atoms with Crippen LogP contribution in [0, 0.1) is 11.7 Å². The van der Waals surface area contributed by atoms with Crippen molar-refractivity contribution in [1.29, 1.82) is 0 Å². The molecule has 0 spiro atoms. The van der Waals surface area contributed by atoms with E-state index in [0.29, 0.717) is 6.04 Å². The minimum Gasteiger partial charge on any atom is -0.329 e. The predicted molar refractivity (Wildman–Crippen MR) is 77.9 cm³/mol. The van der Waals surface area contributed by atoms with Gasteiger partial charge in [-0.25, -0.2) is 4.98 Å². The maximum atomic E-state index is 5.50. The molecule has 0 amide bonds. The molecule has 1 saturated carbocycles. The van der Waals surface area contributed by atoms with E-state index in [1.54, 1.807) is 0 Å². The Balaban J connectivity index is 1.74. The largest absolute Gasteiger partial charge is 0.329 e. The Kier molecular flexibility index (Phi) is 2.53. The molecule has 3 heterocycles. The van der Waals surface area contributed by atoms with Gasteiger partial charge in [-0.3, -0.25) is 9.47 Å². The SMILES string of the molecule is Cc1cnc2c(c1)[nH]c(=S)n2C1CCN(C2CC2)C1. The monoisotopic (exact) mass is 274 g/mol. The lowest BCUT2D eigenvalue weighted by Crippen LogP contribution is -2.23. The number of pyridine rings is 1. The zero-order chi connectivity index (χ0) is 13.0. The molecule has 19 heavy (non-hydrogen) atoms. The highest BCUT2D eigenvalue weighted by Gasteiger charge is 2.35. The van der Waals surface area contributed by atoms with Gasteiger partial charge in [0, 0.05) is 25.3 Å². The molecule has 1 saturated heterocycles. The third kappa shape index (κ3) is 1.92. The van der Waals surface area contributed by atoms with Gasteiger partial charge in [-0.15, -0.1) is 0 Å². The molecule has 2 aromatic rings. The van der Waals surface area contributed by atoms with Crippen molar-refractivity contribution in [2.45, 2.75) is 38.3 Å². The fourth-order valence-corrected chi connectivity index (χ4v) is 3.55. The Labute approximate surface area is 117 Å². The maximum absolute atomic E-state index is 5.50. The first-order chi connectivity index (χ1) is 9.22. The van der Waals surface area contributed by atoms with Crippen molar-refractivity contribution in [2.75, 3.05) is 13.1 Å². The van der Waals surface area contributed by atoms with Gasteiger partial charge in [0.15, 0.2) is 10.4 Å². The Hall–Kier alpha value is -1.20.